The summed E-state index contributed by atoms with van der Waals surface area (Å²) in [6, 6.07) is 10.9. The smallest absolute Gasteiger partial charge is 0.329 e. The Balaban J connectivity index is 0. The van der Waals surface area contributed by atoms with E-state index in [0.717, 1.165) is 20.9 Å². The Kier molecular flexibility index (Phi) is 18.1. The molecule has 0 aromatic heterocycles. The summed E-state index contributed by atoms with van der Waals surface area (Å²) in [5, 5.41) is -0.359. The van der Waals surface area contributed by atoms with Gasteiger partial charge in [-0.15, -0.1) is 11.8 Å². The summed E-state index contributed by atoms with van der Waals surface area (Å²) in [6.07, 6.45) is 2.31. The molecule has 0 radical (unpaired) electrons. The highest BCUT2D eigenvalue weighted by molar-refractivity contribution is 8.47. The van der Waals surface area contributed by atoms with Crippen molar-refractivity contribution in [3.63, 3.8) is 0 Å². The minimum Gasteiger partial charge on any atom is -0.468 e. The van der Waals surface area contributed by atoms with Gasteiger partial charge in [0.05, 0.1) is 14.2 Å². The number of thiocarbonyl (C=S) groups is 1. The molecule has 8 heteroatoms. The van der Waals surface area contributed by atoms with E-state index in [1.165, 1.54) is 48.7 Å². The molecule has 0 saturated carbocycles. The molecule has 1 aromatic rings. The van der Waals surface area contributed by atoms with Gasteiger partial charge in [0.15, 0.2) is 0 Å². The molecule has 26 heavy (non-hydrogen) atoms. The van der Waals surface area contributed by atoms with Crippen LogP contribution in [0.5, 0.6) is 0 Å². The van der Waals surface area contributed by atoms with Crippen molar-refractivity contribution < 1.29 is 19.1 Å². The maximum absolute atomic E-state index is 11.9. The molecule has 0 aliphatic carbocycles. The minimum atomic E-state index is -0.394. The van der Waals surface area contributed by atoms with Gasteiger partial charge < -0.3 is 9.47 Å². The van der Waals surface area contributed by atoms with Crippen LogP contribution in [0.4, 0.5) is 0 Å². The van der Waals surface area contributed by atoms with Crippen LogP contribution in [0.15, 0.2) is 43.0 Å². The molecule has 1 atom stereocenters. The van der Waals surface area contributed by atoms with Crippen LogP contribution in [-0.4, -0.2) is 45.7 Å². The number of thioether (sulfide) groups is 2. The van der Waals surface area contributed by atoms with Crippen LogP contribution >= 0.6 is 35.7 Å². The summed E-state index contributed by atoms with van der Waals surface area (Å²) >= 11 is 8.41. The zero-order chi connectivity index (χ0) is 19.1. The van der Waals surface area contributed by atoms with E-state index in [2.05, 4.69) is 11.3 Å². The lowest BCUT2D eigenvalue weighted by atomic mass is 10.1. The largest absolute Gasteiger partial charge is 0.468 e. The highest BCUT2D eigenvalue weighted by Gasteiger charge is 2.23. The fourth-order valence-corrected chi connectivity index (χ4v) is 4.99. The quantitative estimate of drug-likeness (QED) is 0.213. The van der Waals surface area contributed by atoms with E-state index in [1.807, 2.05) is 30.3 Å². The molecule has 0 spiro atoms. The van der Waals surface area contributed by atoms with Crippen molar-refractivity contribution >= 4 is 61.5 Å². The lowest BCUT2D eigenvalue weighted by molar-refractivity contribution is -0.140. The van der Waals surface area contributed by atoms with Gasteiger partial charge >= 0.3 is 11.9 Å². The topological polar surface area (TPSA) is 52.6 Å². The monoisotopic (exact) mass is 432 g/mol. The summed E-state index contributed by atoms with van der Waals surface area (Å²) in [5.74, 6) is 0.398. The Labute approximate surface area is 173 Å². The molecule has 1 unspecified atom stereocenters. The molecule has 1 rings (SSSR count). The molecule has 0 N–H and O–H groups in total. The standard InChI is InChI=1S/C13H18O2S3Si.C4H6O2.CH4/c1-15-12(14)11(10-6-3-2-4-7-10)18-13(16)17-8-5-9-19;1-3-4(5)6-2;/h2-4,6-7,11H,5,8-9H2,1,19H3;3H,1H2,2H3;1H4. The third-order valence-corrected chi connectivity index (χ3v) is 6.43. The molecule has 0 aliphatic rings. The molecular weight excluding hydrogens is 404 g/mol. The molecule has 0 heterocycles. The Morgan fingerprint density at radius 1 is 1.27 bits per heavy atom. The highest BCUT2D eigenvalue weighted by atomic mass is 32.2. The molecule has 146 valence electrons. The van der Waals surface area contributed by atoms with Crippen LogP contribution in [0.2, 0.25) is 6.04 Å². The zero-order valence-corrected chi connectivity index (χ0v) is 19.2. The number of rotatable bonds is 7. The van der Waals surface area contributed by atoms with Crippen molar-refractivity contribution in [2.24, 2.45) is 0 Å². The number of carbonyl (C=O) groups is 2. The lowest BCUT2D eigenvalue weighted by Gasteiger charge is -2.14. The van der Waals surface area contributed by atoms with Gasteiger partial charge in [0, 0.05) is 16.3 Å². The van der Waals surface area contributed by atoms with Crippen LogP contribution < -0.4 is 0 Å². The lowest BCUT2D eigenvalue weighted by Crippen LogP contribution is -2.12. The van der Waals surface area contributed by atoms with Gasteiger partial charge in [-0.2, -0.15) is 0 Å². The van der Waals surface area contributed by atoms with Crippen molar-refractivity contribution in [2.75, 3.05) is 20.0 Å². The second kappa shape index (κ2) is 17.3. The molecular formula is C18H28O4S3Si. The van der Waals surface area contributed by atoms with Gasteiger partial charge in [-0.1, -0.05) is 74.4 Å². The van der Waals surface area contributed by atoms with Gasteiger partial charge in [-0.3, -0.25) is 4.79 Å². The summed E-state index contributed by atoms with van der Waals surface area (Å²) in [4.78, 5) is 21.7. The Morgan fingerprint density at radius 3 is 2.31 bits per heavy atom. The highest BCUT2D eigenvalue weighted by Crippen LogP contribution is 2.34. The van der Waals surface area contributed by atoms with E-state index >= 15 is 0 Å². The second-order valence-corrected chi connectivity index (χ2v) is 9.02. The van der Waals surface area contributed by atoms with Crippen LogP contribution in [0.3, 0.4) is 0 Å². The normalized spacial score (nSPS) is 10.4. The second-order valence-electron chi connectivity index (χ2n) is 4.61. The molecule has 4 nitrogen and oxygen atoms in total. The molecule has 0 aliphatic heterocycles. The SMILES string of the molecule is C.C=CC(=O)OC.COC(=O)C(SC(=S)SCCC[SiH3])c1ccccc1. The summed E-state index contributed by atoms with van der Waals surface area (Å²) in [6.45, 7) is 3.16. The fourth-order valence-electron chi connectivity index (χ4n) is 1.50. The average molecular weight is 433 g/mol. The number of hydrogen-bond donors (Lipinski definition) is 0. The van der Waals surface area contributed by atoms with Crippen molar-refractivity contribution in [2.45, 2.75) is 25.1 Å². The number of benzene rings is 1. The molecule has 0 saturated heterocycles. The van der Waals surface area contributed by atoms with Gasteiger partial charge in [0.1, 0.15) is 8.78 Å². The van der Waals surface area contributed by atoms with Gasteiger partial charge in [-0.05, 0) is 17.7 Å². The number of esters is 2. The Hall–Kier alpha value is -1.09. The first kappa shape index (κ1) is 27.1. The number of ether oxygens (including phenoxy) is 2. The predicted octanol–water partition coefficient (Wildman–Crippen LogP) is 3.81. The van der Waals surface area contributed by atoms with Gasteiger partial charge in [0.25, 0.3) is 0 Å². The average Bonchev–Trinajstić information content (AvgIpc) is 2.66. The van der Waals surface area contributed by atoms with Crippen LogP contribution in [-0.2, 0) is 19.1 Å². The summed E-state index contributed by atoms with van der Waals surface area (Å²) in [7, 11) is 3.96. The maximum atomic E-state index is 11.9. The van der Waals surface area contributed by atoms with E-state index < -0.39 is 5.97 Å². The van der Waals surface area contributed by atoms with E-state index in [1.54, 1.807) is 11.8 Å². The minimum absolute atomic E-state index is 0. The summed E-state index contributed by atoms with van der Waals surface area (Å²) < 4.78 is 9.83. The molecule has 0 bridgehead atoms. The summed E-state index contributed by atoms with van der Waals surface area (Å²) in [5.41, 5.74) is 0.935. The molecule has 1 aromatic carbocycles. The Morgan fingerprint density at radius 2 is 1.88 bits per heavy atom. The third kappa shape index (κ3) is 12.3. The van der Waals surface area contributed by atoms with E-state index in [9.17, 15) is 9.59 Å². The van der Waals surface area contributed by atoms with Crippen molar-refractivity contribution in [3.8, 4) is 0 Å². The van der Waals surface area contributed by atoms with Crippen molar-refractivity contribution in [1.82, 2.24) is 0 Å². The fraction of sp³-hybridized carbons (Fsp3) is 0.389. The molecule has 0 amide bonds. The van der Waals surface area contributed by atoms with E-state index in [4.69, 9.17) is 17.0 Å². The Bertz CT molecular complexity index is 553. The maximum Gasteiger partial charge on any atom is 0.329 e. The zero-order valence-electron chi connectivity index (χ0n) is 14.7. The van der Waals surface area contributed by atoms with Crippen molar-refractivity contribution in [3.05, 3.63) is 48.6 Å². The molecule has 0 fully saturated rings. The third-order valence-electron chi connectivity index (χ3n) is 2.82. The number of hydrogen-bond acceptors (Lipinski definition) is 7. The van der Waals surface area contributed by atoms with E-state index in [-0.39, 0.29) is 18.6 Å². The number of methoxy groups -OCH3 is 2. The van der Waals surface area contributed by atoms with Crippen LogP contribution in [0.25, 0.3) is 0 Å². The van der Waals surface area contributed by atoms with Crippen LogP contribution in [0, 0.1) is 0 Å². The first-order valence-electron chi connectivity index (χ1n) is 7.66. The predicted molar refractivity (Wildman–Crippen MR) is 122 cm³/mol. The first-order valence-corrected chi connectivity index (χ1v) is 11.3. The van der Waals surface area contributed by atoms with Gasteiger partial charge in [-0.25, -0.2) is 4.79 Å². The van der Waals surface area contributed by atoms with Gasteiger partial charge in [0.2, 0.25) is 0 Å². The van der Waals surface area contributed by atoms with Crippen LogP contribution in [0.1, 0.15) is 24.7 Å². The van der Waals surface area contributed by atoms with Crippen molar-refractivity contribution in [1.29, 1.82) is 0 Å². The van der Waals surface area contributed by atoms with E-state index in [0.29, 0.717) is 0 Å². The number of carbonyl (C=O) groups excluding carboxylic acids is 2. The first-order chi connectivity index (χ1) is 12.0.